The maximum absolute atomic E-state index is 12.2. The SMILES string of the molecule is CCCCCCCCCCCCCCCC(=O)N[C@@H](CCC(=O)NCCCC[C@H](N)C(=O)NC[C]=O)C(=O)O. The minimum atomic E-state index is -1.15. The largest absolute Gasteiger partial charge is 0.480 e. The molecule has 0 aromatic rings. The highest BCUT2D eigenvalue weighted by Gasteiger charge is 2.20. The number of amides is 3. The average Bonchev–Trinajstić information content (AvgIpc) is 2.91. The summed E-state index contributed by atoms with van der Waals surface area (Å²) >= 11 is 0. The molecule has 6 N–H and O–H groups in total. The molecule has 0 rings (SSSR count). The summed E-state index contributed by atoms with van der Waals surface area (Å²) in [6.45, 7) is 2.41. The van der Waals surface area contributed by atoms with Gasteiger partial charge in [0.25, 0.3) is 0 Å². The van der Waals surface area contributed by atoms with Gasteiger partial charge in [-0.3, -0.25) is 19.2 Å². The van der Waals surface area contributed by atoms with Crippen LogP contribution in [0.25, 0.3) is 0 Å². The zero-order valence-corrected chi connectivity index (χ0v) is 24.1. The predicted octanol–water partition coefficient (Wildman–Crippen LogP) is 3.66. The predicted molar refractivity (Wildman–Crippen MR) is 153 cm³/mol. The second-order valence-corrected chi connectivity index (χ2v) is 10.3. The Morgan fingerprint density at radius 1 is 0.718 bits per heavy atom. The Balaban J connectivity index is 3.83. The van der Waals surface area contributed by atoms with Crippen LogP contribution in [0.1, 0.15) is 129 Å². The molecule has 0 bridgehead atoms. The van der Waals surface area contributed by atoms with Gasteiger partial charge in [0.1, 0.15) is 6.04 Å². The van der Waals surface area contributed by atoms with Gasteiger partial charge >= 0.3 is 5.97 Å². The molecule has 0 saturated heterocycles. The van der Waals surface area contributed by atoms with Crippen LogP contribution in [0.3, 0.4) is 0 Å². The molecule has 3 amide bonds. The lowest BCUT2D eigenvalue weighted by Gasteiger charge is -2.14. The van der Waals surface area contributed by atoms with Crippen LogP contribution in [0, 0.1) is 0 Å². The number of carbonyl (C=O) groups excluding carboxylic acids is 4. The zero-order valence-electron chi connectivity index (χ0n) is 24.1. The number of carbonyl (C=O) groups is 4. The van der Waals surface area contributed by atoms with Gasteiger partial charge in [-0.05, 0) is 32.1 Å². The van der Waals surface area contributed by atoms with Crippen LogP contribution < -0.4 is 21.7 Å². The molecule has 0 spiro atoms. The van der Waals surface area contributed by atoms with E-state index in [-0.39, 0.29) is 31.2 Å². The van der Waals surface area contributed by atoms with Crippen molar-refractivity contribution in [3.8, 4) is 0 Å². The highest BCUT2D eigenvalue weighted by atomic mass is 16.4. The van der Waals surface area contributed by atoms with Crippen molar-refractivity contribution in [3.05, 3.63) is 0 Å². The van der Waals surface area contributed by atoms with Crippen LogP contribution in [-0.4, -0.2) is 60.3 Å². The molecular formula is C29H53N4O6. The molecule has 0 aromatic carbocycles. The van der Waals surface area contributed by atoms with Gasteiger partial charge in [-0.1, -0.05) is 84.0 Å². The number of carboxylic acids is 1. The molecule has 225 valence electrons. The van der Waals surface area contributed by atoms with E-state index in [1.54, 1.807) is 6.29 Å². The maximum Gasteiger partial charge on any atom is 0.326 e. The molecular weight excluding hydrogens is 500 g/mol. The third-order valence-electron chi connectivity index (χ3n) is 6.74. The number of aliphatic carboxylic acids is 1. The van der Waals surface area contributed by atoms with Gasteiger partial charge in [0, 0.05) is 19.4 Å². The summed E-state index contributed by atoms with van der Waals surface area (Å²) in [5.41, 5.74) is 5.72. The van der Waals surface area contributed by atoms with Gasteiger partial charge in [-0.2, -0.15) is 0 Å². The van der Waals surface area contributed by atoms with Crippen LogP contribution in [-0.2, 0) is 24.0 Å². The van der Waals surface area contributed by atoms with E-state index < -0.39 is 24.0 Å². The molecule has 2 atom stereocenters. The van der Waals surface area contributed by atoms with Crippen molar-refractivity contribution in [2.45, 2.75) is 141 Å². The van der Waals surface area contributed by atoms with Gasteiger partial charge < -0.3 is 26.8 Å². The smallest absolute Gasteiger partial charge is 0.326 e. The average molecular weight is 554 g/mol. The molecule has 0 saturated carbocycles. The topological polar surface area (TPSA) is 168 Å². The Kier molecular flexibility index (Phi) is 24.1. The molecule has 0 heterocycles. The number of hydrogen-bond donors (Lipinski definition) is 5. The fourth-order valence-electron chi connectivity index (χ4n) is 4.29. The van der Waals surface area contributed by atoms with Crippen molar-refractivity contribution in [3.63, 3.8) is 0 Å². The molecule has 10 nitrogen and oxygen atoms in total. The van der Waals surface area contributed by atoms with Crippen LogP contribution in [0.5, 0.6) is 0 Å². The van der Waals surface area contributed by atoms with Crippen molar-refractivity contribution in [1.82, 2.24) is 16.0 Å². The minimum Gasteiger partial charge on any atom is -0.480 e. The highest BCUT2D eigenvalue weighted by molar-refractivity contribution is 5.84. The van der Waals surface area contributed by atoms with E-state index >= 15 is 0 Å². The molecule has 39 heavy (non-hydrogen) atoms. The summed E-state index contributed by atoms with van der Waals surface area (Å²) in [7, 11) is 0. The summed E-state index contributed by atoms with van der Waals surface area (Å²) < 4.78 is 0. The second kappa shape index (κ2) is 25.8. The van der Waals surface area contributed by atoms with Crippen molar-refractivity contribution < 1.29 is 29.1 Å². The number of nitrogens with one attached hydrogen (secondary N) is 3. The van der Waals surface area contributed by atoms with E-state index in [2.05, 4.69) is 22.9 Å². The summed E-state index contributed by atoms with van der Waals surface area (Å²) in [6, 6.07) is -1.82. The molecule has 10 heteroatoms. The van der Waals surface area contributed by atoms with E-state index in [4.69, 9.17) is 5.73 Å². The molecule has 0 fully saturated rings. The third kappa shape index (κ3) is 23.1. The Hall–Kier alpha value is -2.49. The Morgan fingerprint density at radius 3 is 1.82 bits per heavy atom. The normalized spacial score (nSPS) is 12.4. The Labute approximate surface area is 235 Å². The quantitative estimate of drug-likeness (QED) is 0.0967. The van der Waals surface area contributed by atoms with Crippen molar-refractivity contribution >= 4 is 30.0 Å². The number of carboxylic acid groups (broad SMARTS) is 1. The van der Waals surface area contributed by atoms with Crippen LogP contribution in [0.15, 0.2) is 0 Å². The van der Waals surface area contributed by atoms with E-state index in [0.29, 0.717) is 32.2 Å². The van der Waals surface area contributed by atoms with Gasteiger partial charge in [0.15, 0.2) is 0 Å². The molecule has 0 aliphatic heterocycles. The lowest BCUT2D eigenvalue weighted by Crippen LogP contribution is -2.41. The first-order valence-corrected chi connectivity index (χ1v) is 15.0. The van der Waals surface area contributed by atoms with Crippen molar-refractivity contribution in [2.24, 2.45) is 5.73 Å². The van der Waals surface area contributed by atoms with Crippen LogP contribution in [0.4, 0.5) is 0 Å². The second-order valence-electron chi connectivity index (χ2n) is 10.3. The summed E-state index contributed by atoms with van der Waals surface area (Å²) in [4.78, 5) is 57.4. The van der Waals surface area contributed by atoms with E-state index in [9.17, 15) is 29.1 Å². The first-order chi connectivity index (χ1) is 18.8. The zero-order chi connectivity index (χ0) is 29.1. The first-order valence-electron chi connectivity index (χ1n) is 15.0. The van der Waals surface area contributed by atoms with E-state index in [1.165, 1.54) is 64.2 Å². The van der Waals surface area contributed by atoms with Gasteiger partial charge in [0.05, 0.1) is 12.6 Å². The number of rotatable bonds is 27. The van der Waals surface area contributed by atoms with E-state index in [1.807, 2.05) is 0 Å². The highest BCUT2D eigenvalue weighted by Crippen LogP contribution is 2.13. The third-order valence-corrected chi connectivity index (χ3v) is 6.74. The van der Waals surface area contributed by atoms with Crippen LogP contribution >= 0.6 is 0 Å². The monoisotopic (exact) mass is 553 g/mol. The van der Waals surface area contributed by atoms with Gasteiger partial charge in [-0.25, -0.2) is 4.79 Å². The van der Waals surface area contributed by atoms with Gasteiger partial charge in [0.2, 0.25) is 24.0 Å². The number of nitrogens with two attached hydrogens (primary N) is 1. The van der Waals surface area contributed by atoms with E-state index in [0.717, 1.165) is 19.3 Å². The fourth-order valence-corrected chi connectivity index (χ4v) is 4.29. The molecule has 0 aromatic heterocycles. The summed E-state index contributed by atoms with van der Waals surface area (Å²) in [6.07, 6.45) is 19.3. The molecule has 0 aliphatic rings. The first kappa shape index (κ1) is 36.5. The maximum atomic E-state index is 12.2. The summed E-state index contributed by atoms with van der Waals surface area (Å²) in [5, 5.41) is 17.0. The van der Waals surface area contributed by atoms with Crippen molar-refractivity contribution in [2.75, 3.05) is 13.1 Å². The number of hydrogen-bond acceptors (Lipinski definition) is 6. The Morgan fingerprint density at radius 2 is 1.28 bits per heavy atom. The van der Waals surface area contributed by atoms with Gasteiger partial charge in [-0.15, -0.1) is 0 Å². The molecule has 0 aliphatic carbocycles. The fraction of sp³-hybridized carbons (Fsp3) is 0.828. The minimum absolute atomic E-state index is 0.0138. The van der Waals surface area contributed by atoms with Crippen molar-refractivity contribution in [1.29, 1.82) is 0 Å². The number of unbranched alkanes of at least 4 members (excludes halogenated alkanes) is 13. The summed E-state index contributed by atoms with van der Waals surface area (Å²) in [5.74, 6) is -2.16. The Bertz CT molecular complexity index is 689. The lowest BCUT2D eigenvalue weighted by molar-refractivity contribution is -0.142. The van der Waals surface area contributed by atoms with Crippen LogP contribution in [0.2, 0.25) is 0 Å². The molecule has 0 unspecified atom stereocenters. The lowest BCUT2D eigenvalue weighted by atomic mass is 10.0. The standard InChI is InChI=1S/C29H53N4O6/c1-2-3-4-5-6-7-8-9-10-11-12-13-14-18-27(36)33-25(29(38)39)19-20-26(35)31-21-16-15-17-24(30)28(37)32-22-23-34/h24-25H,2-22,30H2,1H3,(H,31,35)(H,32,37)(H,33,36)(H,38,39)/t24-,25-/m0/s1. The molecule has 1 radical (unpaired) electrons.